The Labute approximate surface area is 182 Å². The summed E-state index contributed by atoms with van der Waals surface area (Å²) >= 11 is 0. The van der Waals surface area contributed by atoms with Crippen LogP contribution in [0.1, 0.15) is 29.3 Å². The van der Waals surface area contributed by atoms with Gasteiger partial charge in [0.05, 0.1) is 25.2 Å². The molecule has 1 aliphatic heterocycles. The second kappa shape index (κ2) is 10.0. The Morgan fingerprint density at radius 1 is 1.13 bits per heavy atom. The van der Waals surface area contributed by atoms with Gasteiger partial charge in [0.1, 0.15) is 5.75 Å². The number of amides is 1. The summed E-state index contributed by atoms with van der Waals surface area (Å²) in [6, 6.07) is 11.4. The minimum atomic E-state index is -3.64. The second-order valence-corrected chi connectivity index (χ2v) is 9.11. The lowest BCUT2D eigenvalue weighted by atomic mass is 10.1. The number of carbonyl (C=O) groups is 2. The van der Waals surface area contributed by atoms with E-state index in [0.29, 0.717) is 55.3 Å². The van der Waals surface area contributed by atoms with Crippen molar-refractivity contribution >= 4 is 27.4 Å². The molecule has 166 valence electrons. The van der Waals surface area contributed by atoms with Crippen molar-refractivity contribution < 1.29 is 27.5 Å². The van der Waals surface area contributed by atoms with Crippen LogP contribution in [0.3, 0.4) is 0 Å². The number of carbonyl (C=O) groups excluding carboxylic acids is 2. The summed E-state index contributed by atoms with van der Waals surface area (Å²) < 4.78 is 37.8. The van der Waals surface area contributed by atoms with Crippen molar-refractivity contribution in [1.82, 2.24) is 4.31 Å². The zero-order valence-electron chi connectivity index (χ0n) is 17.6. The molecular formula is C22H26N2O6S. The molecule has 0 atom stereocenters. The van der Waals surface area contributed by atoms with E-state index in [2.05, 4.69) is 5.32 Å². The summed E-state index contributed by atoms with van der Waals surface area (Å²) in [6.07, 6.45) is 0.426. The highest BCUT2D eigenvalue weighted by atomic mass is 32.2. The third-order valence-electron chi connectivity index (χ3n) is 5.03. The fourth-order valence-corrected chi connectivity index (χ4v) is 4.79. The lowest BCUT2D eigenvalue weighted by molar-refractivity contribution is -0.116. The lowest BCUT2D eigenvalue weighted by Gasteiger charge is -2.26. The van der Waals surface area contributed by atoms with E-state index in [1.807, 2.05) is 0 Å². The number of ether oxygens (including phenoxy) is 2. The van der Waals surface area contributed by atoms with Gasteiger partial charge in [0.15, 0.2) is 5.78 Å². The number of hydrogen-bond donors (Lipinski definition) is 1. The number of morpholine rings is 1. The number of Topliss-reactive ketones (excluding diaryl/α,β-unsaturated/α-hetero) is 1. The van der Waals surface area contributed by atoms with Crippen molar-refractivity contribution in [2.24, 2.45) is 0 Å². The molecule has 2 aromatic carbocycles. The van der Waals surface area contributed by atoms with Gasteiger partial charge in [-0.3, -0.25) is 9.59 Å². The van der Waals surface area contributed by atoms with Gasteiger partial charge in [-0.15, -0.1) is 0 Å². The molecule has 1 saturated heterocycles. The molecule has 2 aromatic rings. The second-order valence-electron chi connectivity index (χ2n) is 7.18. The molecule has 31 heavy (non-hydrogen) atoms. The molecule has 0 aliphatic carbocycles. The first kappa shape index (κ1) is 22.9. The zero-order chi connectivity index (χ0) is 22.4. The number of ketones is 1. The minimum absolute atomic E-state index is 0.0841. The number of anilines is 1. The van der Waals surface area contributed by atoms with Crippen LogP contribution in [0.2, 0.25) is 0 Å². The van der Waals surface area contributed by atoms with Gasteiger partial charge in [-0.1, -0.05) is 12.1 Å². The molecule has 0 saturated carbocycles. The van der Waals surface area contributed by atoms with Crippen molar-refractivity contribution in [3.63, 3.8) is 0 Å². The summed E-state index contributed by atoms with van der Waals surface area (Å²) in [4.78, 5) is 24.1. The van der Waals surface area contributed by atoms with Gasteiger partial charge in [-0.2, -0.15) is 4.31 Å². The van der Waals surface area contributed by atoms with Crippen LogP contribution in [-0.2, 0) is 26.0 Å². The summed E-state index contributed by atoms with van der Waals surface area (Å²) in [6.45, 7) is 2.82. The maximum absolute atomic E-state index is 12.9. The number of nitrogens with one attached hydrogen (secondary N) is 1. The molecule has 0 unspecified atom stereocenters. The molecule has 0 bridgehead atoms. The molecule has 9 heteroatoms. The third kappa shape index (κ3) is 5.69. The fraction of sp³-hybridized carbons (Fsp3) is 0.364. The molecule has 8 nitrogen and oxygen atoms in total. The Hall–Kier alpha value is -2.75. The molecule has 0 radical (unpaired) electrons. The standard InChI is InChI=1S/C22H26N2O6S/c1-16(25)17-4-3-5-19(14-17)23-22(26)9-6-18-15-20(7-8-21(18)29-2)31(27,28)24-10-12-30-13-11-24/h3-5,7-8,14-15H,6,9-13H2,1-2H3,(H,23,26). The molecule has 1 N–H and O–H groups in total. The maximum Gasteiger partial charge on any atom is 0.243 e. The maximum atomic E-state index is 12.9. The molecule has 1 aliphatic rings. The van der Waals surface area contributed by atoms with Gasteiger partial charge in [0.2, 0.25) is 15.9 Å². The molecule has 1 fully saturated rings. The molecule has 1 heterocycles. The first-order valence-corrected chi connectivity index (χ1v) is 11.4. The van der Waals surface area contributed by atoms with Gasteiger partial charge < -0.3 is 14.8 Å². The molecule has 1 amide bonds. The zero-order valence-corrected chi connectivity index (χ0v) is 18.4. The number of hydrogen-bond acceptors (Lipinski definition) is 6. The Morgan fingerprint density at radius 2 is 1.87 bits per heavy atom. The third-order valence-corrected chi connectivity index (χ3v) is 6.93. The van der Waals surface area contributed by atoms with Crippen LogP contribution >= 0.6 is 0 Å². The quantitative estimate of drug-likeness (QED) is 0.625. The number of sulfonamides is 1. The fourth-order valence-electron chi connectivity index (χ4n) is 3.33. The van der Waals surface area contributed by atoms with E-state index >= 15 is 0 Å². The van der Waals surface area contributed by atoms with Crippen LogP contribution in [0.15, 0.2) is 47.4 Å². The highest BCUT2D eigenvalue weighted by Gasteiger charge is 2.27. The molecule has 0 spiro atoms. The number of nitrogens with zero attached hydrogens (tertiary/aromatic N) is 1. The van der Waals surface area contributed by atoms with E-state index in [0.717, 1.165) is 0 Å². The molecular weight excluding hydrogens is 420 g/mol. The van der Waals surface area contributed by atoms with Crippen LogP contribution in [-0.4, -0.2) is 57.8 Å². The van der Waals surface area contributed by atoms with E-state index < -0.39 is 10.0 Å². The van der Waals surface area contributed by atoms with Gasteiger partial charge in [-0.25, -0.2) is 8.42 Å². The van der Waals surface area contributed by atoms with E-state index in [9.17, 15) is 18.0 Å². The number of rotatable bonds is 8. The highest BCUT2D eigenvalue weighted by molar-refractivity contribution is 7.89. The molecule has 3 rings (SSSR count). The normalized spacial score (nSPS) is 14.8. The molecule has 0 aromatic heterocycles. The Bertz CT molecular complexity index is 1060. The van der Waals surface area contributed by atoms with E-state index in [-0.39, 0.29) is 23.0 Å². The van der Waals surface area contributed by atoms with Crippen LogP contribution in [0, 0.1) is 0 Å². The number of benzene rings is 2. The number of methoxy groups -OCH3 is 1. The van der Waals surface area contributed by atoms with Crippen molar-refractivity contribution in [3.05, 3.63) is 53.6 Å². The Morgan fingerprint density at radius 3 is 2.55 bits per heavy atom. The Balaban J connectivity index is 1.72. The van der Waals surface area contributed by atoms with Gasteiger partial charge >= 0.3 is 0 Å². The van der Waals surface area contributed by atoms with Crippen LogP contribution in [0.4, 0.5) is 5.69 Å². The van der Waals surface area contributed by atoms with Gasteiger partial charge in [0, 0.05) is 30.8 Å². The highest BCUT2D eigenvalue weighted by Crippen LogP contribution is 2.26. The summed E-state index contributed by atoms with van der Waals surface area (Å²) in [5.74, 6) is 0.190. The van der Waals surface area contributed by atoms with E-state index in [1.54, 1.807) is 36.4 Å². The topological polar surface area (TPSA) is 102 Å². The summed E-state index contributed by atoms with van der Waals surface area (Å²) in [5, 5.41) is 2.77. The number of aryl methyl sites for hydroxylation is 1. The van der Waals surface area contributed by atoms with Crippen molar-refractivity contribution in [2.75, 3.05) is 38.7 Å². The van der Waals surface area contributed by atoms with E-state index in [1.165, 1.54) is 24.4 Å². The van der Waals surface area contributed by atoms with E-state index in [4.69, 9.17) is 9.47 Å². The first-order valence-electron chi connectivity index (χ1n) is 9.97. The van der Waals surface area contributed by atoms with Crippen molar-refractivity contribution in [2.45, 2.75) is 24.7 Å². The van der Waals surface area contributed by atoms with Gasteiger partial charge in [-0.05, 0) is 49.2 Å². The summed E-state index contributed by atoms with van der Waals surface area (Å²) in [5.41, 5.74) is 1.68. The SMILES string of the molecule is COc1ccc(S(=O)(=O)N2CCOCC2)cc1CCC(=O)Nc1cccc(C(C)=O)c1. The predicted octanol–water partition coefficient (Wildman–Crippen LogP) is 2.49. The van der Waals surface area contributed by atoms with Crippen LogP contribution in [0.5, 0.6) is 5.75 Å². The van der Waals surface area contributed by atoms with Gasteiger partial charge in [0.25, 0.3) is 0 Å². The monoisotopic (exact) mass is 446 g/mol. The summed E-state index contributed by atoms with van der Waals surface area (Å²) in [7, 11) is -2.14. The largest absolute Gasteiger partial charge is 0.496 e. The minimum Gasteiger partial charge on any atom is -0.496 e. The lowest BCUT2D eigenvalue weighted by Crippen LogP contribution is -2.40. The average Bonchev–Trinajstić information content (AvgIpc) is 2.78. The first-order chi connectivity index (χ1) is 14.8. The smallest absolute Gasteiger partial charge is 0.243 e. The predicted molar refractivity (Wildman–Crippen MR) is 116 cm³/mol. The van der Waals surface area contributed by atoms with Crippen molar-refractivity contribution in [1.29, 1.82) is 0 Å². The van der Waals surface area contributed by atoms with Crippen LogP contribution in [0.25, 0.3) is 0 Å². The van der Waals surface area contributed by atoms with Crippen LogP contribution < -0.4 is 10.1 Å². The Kier molecular flexibility index (Phi) is 7.42. The average molecular weight is 447 g/mol. The van der Waals surface area contributed by atoms with Crippen molar-refractivity contribution in [3.8, 4) is 5.75 Å².